The van der Waals surface area contributed by atoms with Crippen molar-refractivity contribution in [1.82, 2.24) is 29.5 Å². The van der Waals surface area contributed by atoms with E-state index in [0.29, 0.717) is 22.6 Å². The first kappa shape index (κ1) is 25.5. The highest BCUT2D eigenvalue weighted by Gasteiger charge is 2.26. The predicted octanol–water partition coefficient (Wildman–Crippen LogP) is 2.97. The maximum Gasteiger partial charge on any atom is 0.348 e. The molecule has 3 N–H and O–H groups in total. The highest BCUT2D eigenvalue weighted by atomic mass is 16.3. The summed E-state index contributed by atoms with van der Waals surface area (Å²) in [6.45, 7) is 11.6. The highest BCUT2D eigenvalue weighted by Crippen LogP contribution is 2.37. The van der Waals surface area contributed by atoms with Crippen molar-refractivity contribution in [1.29, 1.82) is 0 Å². The molecule has 198 valence electrons. The molecule has 0 spiro atoms. The van der Waals surface area contributed by atoms with Crippen LogP contribution < -0.4 is 5.69 Å². The smallest absolute Gasteiger partial charge is 0.348 e. The lowest BCUT2D eigenvalue weighted by atomic mass is 9.98. The van der Waals surface area contributed by atoms with Crippen molar-refractivity contribution in [3.8, 4) is 28.6 Å². The molecule has 9 nitrogen and oxygen atoms in total. The van der Waals surface area contributed by atoms with Gasteiger partial charge in [-0.05, 0) is 68.2 Å². The van der Waals surface area contributed by atoms with Gasteiger partial charge in [0, 0.05) is 44.8 Å². The third-order valence-electron chi connectivity index (χ3n) is 7.89. The number of aromatic nitrogens is 3. The summed E-state index contributed by atoms with van der Waals surface area (Å²) in [5, 5.41) is 27.4. The second-order valence-electron chi connectivity index (χ2n) is 10.8. The number of benzene rings is 2. The topological polar surface area (TPSA) is 101 Å². The Balaban J connectivity index is 1.28. The first-order valence-corrected chi connectivity index (χ1v) is 13.3. The molecule has 0 bridgehead atoms. The van der Waals surface area contributed by atoms with Crippen LogP contribution in [0, 0.1) is 0 Å². The van der Waals surface area contributed by atoms with E-state index in [-0.39, 0.29) is 23.1 Å². The second-order valence-corrected chi connectivity index (χ2v) is 10.8. The number of phenols is 2. The van der Waals surface area contributed by atoms with Gasteiger partial charge >= 0.3 is 5.69 Å². The molecule has 37 heavy (non-hydrogen) atoms. The summed E-state index contributed by atoms with van der Waals surface area (Å²) in [6, 6.07) is 11.7. The minimum absolute atomic E-state index is 0.0252. The summed E-state index contributed by atoms with van der Waals surface area (Å²) in [7, 11) is 2.21. The normalized spacial score (nSPS) is 18.6. The van der Waals surface area contributed by atoms with Gasteiger partial charge in [-0.15, -0.1) is 0 Å². The SMILES string of the molecule is CC(C)c1cc(-c2n[nH]c(=O)n2-c2ccc(CN3CCN(C4CCN(C)CC4)CC3)cc2)c(O)cc1O. The van der Waals surface area contributed by atoms with Gasteiger partial charge in [-0.2, -0.15) is 5.10 Å². The van der Waals surface area contributed by atoms with E-state index in [2.05, 4.69) is 44.1 Å². The number of piperidine rings is 1. The molecule has 9 heteroatoms. The number of hydrogen-bond acceptors (Lipinski definition) is 7. The molecule has 0 amide bonds. The lowest BCUT2D eigenvalue weighted by Crippen LogP contribution is -2.52. The zero-order valence-electron chi connectivity index (χ0n) is 22.0. The van der Waals surface area contributed by atoms with Gasteiger partial charge in [0.15, 0.2) is 5.82 Å². The summed E-state index contributed by atoms with van der Waals surface area (Å²) < 4.78 is 1.46. The van der Waals surface area contributed by atoms with E-state index in [1.54, 1.807) is 6.07 Å². The van der Waals surface area contributed by atoms with Gasteiger partial charge in [-0.25, -0.2) is 14.5 Å². The minimum Gasteiger partial charge on any atom is -0.508 e. The zero-order chi connectivity index (χ0) is 26.1. The van der Waals surface area contributed by atoms with Crippen LogP contribution in [0.1, 0.15) is 43.7 Å². The first-order valence-electron chi connectivity index (χ1n) is 13.3. The van der Waals surface area contributed by atoms with Crippen molar-refractivity contribution in [2.24, 2.45) is 0 Å². The maximum atomic E-state index is 12.7. The number of aromatic amines is 1. The van der Waals surface area contributed by atoms with Gasteiger partial charge in [0.2, 0.25) is 0 Å². The third kappa shape index (κ3) is 5.44. The molecule has 2 aliphatic rings. The van der Waals surface area contributed by atoms with E-state index in [0.717, 1.165) is 38.8 Å². The van der Waals surface area contributed by atoms with Gasteiger partial charge in [-0.3, -0.25) is 9.80 Å². The molecule has 3 aromatic rings. The Labute approximate surface area is 217 Å². The molecule has 0 saturated carbocycles. The van der Waals surface area contributed by atoms with Crippen molar-refractivity contribution in [3.05, 3.63) is 58.0 Å². The number of phenolic OH excluding ortho intramolecular Hbond substituents is 2. The van der Waals surface area contributed by atoms with Crippen LogP contribution >= 0.6 is 0 Å². The number of H-pyrrole nitrogens is 1. The predicted molar refractivity (Wildman–Crippen MR) is 144 cm³/mol. The third-order valence-corrected chi connectivity index (χ3v) is 7.89. The molecule has 1 aromatic heterocycles. The summed E-state index contributed by atoms with van der Waals surface area (Å²) in [5.41, 5.74) is 2.56. The summed E-state index contributed by atoms with van der Waals surface area (Å²) >= 11 is 0. The molecule has 2 aromatic carbocycles. The summed E-state index contributed by atoms with van der Waals surface area (Å²) in [4.78, 5) is 20.3. The number of rotatable bonds is 6. The van der Waals surface area contributed by atoms with Crippen LogP contribution in [0.5, 0.6) is 11.5 Å². The van der Waals surface area contributed by atoms with Crippen molar-refractivity contribution >= 4 is 0 Å². The average Bonchev–Trinajstić information content (AvgIpc) is 3.26. The van der Waals surface area contributed by atoms with Crippen molar-refractivity contribution < 1.29 is 10.2 Å². The Kier molecular flexibility index (Phi) is 7.37. The Morgan fingerprint density at radius 3 is 2.30 bits per heavy atom. The zero-order valence-corrected chi connectivity index (χ0v) is 22.0. The van der Waals surface area contributed by atoms with E-state index in [1.165, 1.54) is 42.1 Å². The molecule has 0 radical (unpaired) electrons. The van der Waals surface area contributed by atoms with E-state index in [4.69, 9.17) is 0 Å². The van der Waals surface area contributed by atoms with Crippen LogP contribution in [0.2, 0.25) is 0 Å². The fourth-order valence-electron chi connectivity index (χ4n) is 5.61. The average molecular weight is 507 g/mol. The molecule has 0 unspecified atom stereocenters. The fraction of sp³-hybridized carbons (Fsp3) is 0.500. The molecule has 0 atom stereocenters. The van der Waals surface area contributed by atoms with E-state index >= 15 is 0 Å². The maximum absolute atomic E-state index is 12.7. The van der Waals surface area contributed by atoms with Crippen LogP contribution in [0.15, 0.2) is 41.2 Å². The van der Waals surface area contributed by atoms with Crippen LogP contribution in [-0.4, -0.2) is 92.0 Å². The number of hydrogen-bond donors (Lipinski definition) is 3. The van der Waals surface area contributed by atoms with Gasteiger partial charge in [-0.1, -0.05) is 26.0 Å². The van der Waals surface area contributed by atoms with Gasteiger partial charge in [0.1, 0.15) is 11.5 Å². The Hall–Kier alpha value is -3.14. The Bertz CT molecular complexity index is 1270. The molecule has 2 saturated heterocycles. The second kappa shape index (κ2) is 10.7. The van der Waals surface area contributed by atoms with Crippen LogP contribution in [0.4, 0.5) is 0 Å². The lowest BCUT2D eigenvalue weighted by molar-refractivity contribution is 0.0618. The van der Waals surface area contributed by atoms with Crippen molar-refractivity contribution in [3.63, 3.8) is 0 Å². The molecule has 3 heterocycles. The Morgan fingerprint density at radius 2 is 1.65 bits per heavy atom. The first-order chi connectivity index (χ1) is 17.8. The fourth-order valence-corrected chi connectivity index (χ4v) is 5.61. The van der Waals surface area contributed by atoms with E-state index in [1.807, 2.05) is 26.0 Å². The lowest BCUT2D eigenvalue weighted by Gasteiger charge is -2.42. The number of nitrogens with one attached hydrogen (secondary N) is 1. The largest absolute Gasteiger partial charge is 0.508 e. The molecular weight excluding hydrogens is 468 g/mol. The minimum atomic E-state index is -0.383. The molecule has 5 rings (SSSR count). The van der Waals surface area contributed by atoms with Crippen molar-refractivity contribution in [2.75, 3.05) is 46.3 Å². The number of piperazine rings is 1. The van der Waals surface area contributed by atoms with Crippen LogP contribution in [-0.2, 0) is 6.54 Å². The van der Waals surface area contributed by atoms with Crippen molar-refractivity contribution in [2.45, 2.75) is 45.2 Å². The monoisotopic (exact) mass is 506 g/mol. The molecule has 0 aliphatic carbocycles. The molecule has 2 aliphatic heterocycles. The van der Waals surface area contributed by atoms with Gasteiger partial charge in [0.25, 0.3) is 0 Å². The van der Waals surface area contributed by atoms with E-state index in [9.17, 15) is 15.0 Å². The van der Waals surface area contributed by atoms with E-state index < -0.39 is 0 Å². The standard InChI is InChI=1S/C28H38N6O3/c1-19(2)23-16-24(26(36)17-25(23)35)27-29-30-28(37)34(27)22-6-4-20(5-7-22)18-32-12-14-33(15-13-32)21-8-10-31(3)11-9-21/h4-7,16-17,19,21,35-36H,8-15,18H2,1-3H3,(H,30,37). The quantitative estimate of drug-likeness (QED) is 0.473. The summed E-state index contributed by atoms with van der Waals surface area (Å²) in [5.74, 6) is 0.251. The Morgan fingerprint density at radius 1 is 0.973 bits per heavy atom. The number of likely N-dealkylation sites (tertiary alicyclic amines) is 1. The summed E-state index contributed by atoms with van der Waals surface area (Å²) in [6.07, 6.45) is 2.54. The van der Waals surface area contributed by atoms with Crippen LogP contribution in [0.25, 0.3) is 17.1 Å². The number of nitrogens with zero attached hydrogens (tertiary/aromatic N) is 5. The molecular formula is C28H38N6O3. The number of aromatic hydroxyl groups is 2. The highest BCUT2D eigenvalue weighted by molar-refractivity contribution is 5.69. The van der Waals surface area contributed by atoms with Crippen LogP contribution in [0.3, 0.4) is 0 Å². The van der Waals surface area contributed by atoms with Gasteiger partial charge < -0.3 is 15.1 Å². The van der Waals surface area contributed by atoms with Gasteiger partial charge in [0.05, 0.1) is 11.3 Å². The molecule has 2 fully saturated rings.